The summed E-state index contributed by atoms with van der Waals surface area (Å²) < 4.78 is 1.69. The monoisotopic (exact) mass is 351 g/mol. The second-order valence-corrected chi connectivity index (χ2v) is 7.61. The third-order valence-electron chi connectivity index (χ3n) is 3.17. The highest BCUT2D eigenvalue weighted by Gasteiger charge is 2.28. The fourth-order valence-corrected chi connectivity index (χ4v) is 3.05. The molecule has 0 aliphatic carbocycles. The van der Waals surface area contributed by atoms with E-state index in [2.05, 4.69) is 0 Å². The number of hydrogen-bond acceptors (Lipinski definition) is 3. The van der Waals surface area contributed by atoms with Gasteiger partial charge in [0.15, 0.2) is 6.04 Å². The molecule has 0 spiro atoms. The first-order valence-electron chi connectivity index (χ1n) is 7.08. The van der Waals surface area contributed by atoms with Gasteiger partial charge in [0.2, 0.25) is 0 Å². The van der Waals surface area contributed by atoms with E-state index in [0.29, 0.717) is 5.56 Å². The summed E-state index contributed by atoms with van der Waals surface area (Å²) in [7, 11) is 0. The number of rotatable bonds is 4. The van der Waals surface area contributed by atoms with Gasteiger partial charge >= 0.3 is 5.97 Å². The number of carboxylic acid groups (broad SMARTS) is 1. The van der Waals surface area contributed by atoms with Crippen LogP contribution >= 0.6 is 23.1 Å². The number of carbonyl (C=O) groups is 2. The molecule has 1 N–H and O–H groups in total. The summed E-state index contributed by atoms with van der Waals surface area (Å²) in [5.41, 5.74) is 0.162. The first-order valence-corrected chi connectivity index (χ1v) is 8.29. The molecule has 1 amide bonds. The van der Waals surface area contributed by atoms with Crippen LogP contribution in [0.2, 0.25) is 0 Å². The molecule has 1 unspecified atom stereocenters. The molecule has 122 valence electrons. The Morgan fingerprint density at radius 2 is 2.00 bits per heavy atom. The van der Waals surface area contributed by atoms with E-state index in [1.165, 1.54) is 17.4 Å². The summed E-state index contributed by atoms with van der Waals surface area (Å²) >= 11 is 7.55. The highest BCUT2D eigenvalue weighted by Crippen LogP contribution is 2.24. The maximum absolute atomic E-state index is 12.5. The summed E-state index contributed by atoms with van der Waals surface area (Å²) in [5.74, 6) is -1.71. The lowest BCUT2D eigenvalue weighted by molar-refractivity contribution is -0.139. The Balaban J connectivity index is 2.27. The van der Waals surface area contributed by atoms with Crippen LogP contribution in [-0.4, -0.2) is 27.4 Å². The molecule has 0 aliphatic heterocycles. The Bertz CT molecular complexity index is 761. The van der Waals surface area contributed by atoms with Gasteiger partial charge in [-0.25, -0.2) is 9.21 Å². The molecule has 0 saturated carbocycles. The van der Waals surface area contributed by atoms with Gasteiger partial charge in [-0.05, 0) is 34.4 Å². The summed E-state index contributed by atoms with van der Waals surface area (Å²) in [6, 6.07) is 5.94. The summed E-state index contributed by atoms with van der Waals surface area (Å²) in [5, 5.41) is 12.3. The number of carboxylic acids is 1. The first kappa shape index (κ1) is 17.5. The van der Waals surface area contributed by atoms with Crippen LogP contribution in [-0.2, 0) is 4.79 Å². The molecule has 1 aromatic carbocycles. The molecule has 2 rings (SSSR count). The van der Waals surface area contributed by atoms with Crippen molar-refractivity contribution in [2.45, 2.75) is 26.8 Å². The maximum Gasteiger partial charge on any atom is 0.331 e. The molecule has 0 aliphatic rings. The predicted molar refractivity (Wildman–Crippen MR) is 93.9 cm³/mol. The number of benzene rings is 1. The largest absolute Gasteiger partial charge is 0.479 e. The molecular weight excluding hydrogens is 334 g/mol. The number of hydrogen-bond donors (Lipinski definition) is 1. The van der Waals surface area contributed by atoms with Crippen LogP contribution in [0.25, 0.3) is 10.1 Å². The maximum atomic E-state index is 12.5. The molecule has 0 fully saturated rings. The fourth-order valence-electron chi connectivity index (χ4n) is 1.97. The Kier molecular flexibility index (Phi) is 5.12. The smallest absolute Gasteiger partial charge is 0.331 e. The minimum Gasteiger partial charge on any atom is -0.479 e. The third-order valence-corrected chi connectivity index (χ3v) is 4.42. The van der Waals surface area contributed by atoms with Gasteiger partial charge in [0, 0.05) is 22.0 Å². The van der Waals surface area contributed by atoms with Gasteiger partial charge in [-0.2, -0.15) is 0 Å². The second-order valence-electron chi connectivity index (χ2n) is 6.30. The van der Waals surface area contributed by atoms with Crippen molar-refractivity contribution < 1.29 is 14.7 Å². The molecule has 4 nitrogen and oxygen atoms in total. The van der Waals surface area contributed by atoms with E-state index >= 15 is 0 Å². The van der Waals surface area contributed by atoms with Crippen molar-refractivity contribution in [3.05, 3.63) is 47.4 Å². The van der Waals surface area contributed by atoms with E-state index < -0.39 is 17.9 Å². The number of thiophene rings is 1. The number of aliphatic carboxylic acids is 1. The number of nitrogens with zero attached hydrogens (tertiary/aromatic N) is 1. The molecule has 1 heterocycles. The van der Waals surface area contributed by atoms with Crippen molar-refractivity contribution in [2.24, 2.45) is 5.41 Å². The van der Waals surface area contributed by atoms with Gasteiger partial charge in [-0.15, -0.1) is 11.3 Å². The average molecular weight is 352 g/mol. The van der Waals surface area contributed by atoms with Crippen LogP contribution < -0.4 is 0 Å². The number of amides is 1. The van der Waals surface area contributed by atoms with Crippen LogP contribution in [0.4, 0.5) is 0 Å². The van der Waals surface area contributed by atoms with Crippen molar-refractivity contribution in [2.75, 3.05) is 0 Å². The second kappa shape index (κ2) is 6.72. The summed E-state index contributed by atoms with van der Waals surface area (Å²) in [4.78, 5) is 23.9. The molecular formula is C17H18ClNO3S. The van der Waals surface area contributed by atoms with Gasteiger partial charge in [0.1, 0.15) is 0 Å². The SMILES string of the molecule is CC(C)(C)/C=C/C(C(=O)O)N(Cl)C(=O)c1ccc2ccsc2c1. The average Bonchev–Trinajstić information content (AvgIpc) is 2.92. The van der Waals surface area contributed by atoms with Crippen LogP contribution in [0, 0.1) is 5.41 Å². The van der Waals surface area contributed by atoms with Crippen LogP contribution in [0.5, 0.6) is 0 Å². The molecule has 0 bridgehead atoms. The Hall–Kier alpha value is -1.85. The molecule has 2 aromatic rings. The highest BCUT2D eigenvalue weighted by molar-refractivity contribution is 7.17. The van der Waals surface area contributed by atoms with Crippen molar-refractivity contribution in [3.8, 4) is 0 Å². The fraction of sp³-hybridized carbons (Fsp3) is 0.294. The van der Waals surface area contributed by atoms with Gasteiger partial charge in [0.25, 0.3) is 5.91 Å². The van der Waals surface area contributed by atoms with Crippen LogP contribution in [0.1, 0.15) is 31.1 Å². The van der Waals surface area contributed by atoms with Crippen molar-refractivity contribution in [3.63, 3.8) is 0 Å². The van der Waals surface area contributed by atoms with Gasteiger partial charge in [-0.3, -0.25) is 4.79 Å². The first-order chi connectivity index (χ1) is 10.7. The number of fused-ring (bicyclic) bond motifs is 1. The van der Waals surface area contributed by atoms with E-state index in [1.807, 2.05) is 38.3 Å². The molecule has 6 heteroatoms. The standard InChI is InChI=1S/C17H18ClNO3S/c1-17(2,3)8-6-13(16(21)22)19(18)15(20)12-5-4-11-7-9-23-14(11)10-12/h4-10,13H,1-3H3,(H,21,22)/b8-6+. The van der Waals surface area contributed by atoms with E-state index in [9.17, 15) is 14.7 Å². The lowest BCUT2D eigenvalue weighted by Gasteiger charge is -2.21. The normalized spacial score (nSPS) is 13.4. The lowest BCUT2D eigenvalue weighted by Crippen LogP contribution is -2.37. The zero-order valence-electron chi connectivity index (χ0n) is 13.1. The predicted octanol–water partition coefficient (Wildman–Crippen LogP) is 4.55. The Morgan fingerprint density at radius 3 is 2.61 bits per heavy atom. The number of allylic oxidation sites excluding steroid dienone is 1. The molecule has 1 aromatic heterocycles. The van der Waals surface area contributed by atoms with Crippen molar-refractivity contribution in [1.82, 2.24) is 4.42 Å². The minimum atomic E-state index is -1.22. The minimum absolute atomic E-state index is 0.204. The zero-order chi connectivity index (χ0) is 17.2. The van der Waals surface area contributed by atoms with E-state index in [4.69, 9.17) is 11.8 Å². The van der Waals surface area contributed by atoms with Gasteiger partial charge in [-0.1, -0.05) is 39.0 Å². The number of carbonyl (C=O) groups excluding carboxylic acids is 1. The molecule has 1 atom stereocenters. The Morgan fingerprint density at radius 1 is 1.30 bits per heavy atom. The van der Waals surface area contributed by atoms with Crippen molar-refractivity contribution >= 4 is 45.1 Å². The van der Waals surface area contributed by atoms with Crippen molar-refractivity contribution in [1.29, 1.82) is 0 Å². The van der Waals surface area contributed by atoms with E-state index in [-0.39, 0.29) is 5.41 Å². The molecule has 0 radical (unpaired) electrons. The summed E-state index contributed by atoms with van der Waals surface area (Å²) in [6.45, 7) is 5.81. The van der Waals surface area contributed by atoms with E-state index in [0.717, 1.165) is 14.5 Å². The number of halogens is 1. The van der Waals surface area contributed by atoms with Gasteiger partial charge < -0.3 is 5.11 Å². The zero-order valence-corrected chi connectivity index (χ0v) is 14.7. The van der Waals surface area contributed by atoms with E-state index in [1.54, 1.807) is 18.2 Å². The Labute approximate surface area is 144 Å². The topological polar surface area (TPSA) is 57.6 Å². The van der Waals surface area contributed by atoms with Crippen LogP contribution in [0.15, 0.2) is 41.8 Å². The quantitative estimate of drug-likeness (QED) is 0.649. The highest BCUT2D eigenvalue weighted by atomic mass is 35.5. The lowest BCUT2D eigenvalue weighted by atomic mass is 9.95. The third kappa shape index (κ3) is 4.33. The molecule has 0 saturated heterocycles. The van der Waals surface area contributed by atoms with Gasteiger partial charge in [0.05, 0.1) is 0 Å². The molecule has 23 heavy (non-hydrogen) atoms. The summed E-state index contributed by atoms with van der Waals surface area (Å²) in [6.07, 6.45) is 3.17. The van der Waals surface area contributed by atoms with Crippen LogP contribution in [0.3, 0.4) is 0 Å².